The normalized spacial score (nSPS) is 13.0. The van der Waals surface area contributed by atoms with Gasteiger partial charge in [-0.2, -0.15) is 0 Å². The van der Waals surface area contributed by atoms with E-state index in [1.54, 1.807) is 0 Å². The van der Waals surface area contributed by atoms with Crippen molar-refractivity contribution in [3.8, 4) is 0 Å². The summed E-state index contributed by atoms with van der Waals surface area (Å²) in [6, 6.07) is 0. The number of ether oxygens (including phenoxy) is 3. The van der Waals surface area contributed by atoms with Gasteiger partial charge in [0.15, 0.2) is 6.10 Å². The predicted molar refractivity (Wildman–Crippen MR) is 297 cm³/mol. The fraction of sp³-hybridized carbons (Fsp3) is 0.635. The predicted octanol–water partition coefficient (Wildman–Crippen LogP) is 18.9. The molecule has 0 N–H and O–H groups in total. The van der Waals surface area contributed by atoms with Crippen molar-refractivity contribution in [3.63, 3.8) is 0 Å². The first-order chi connectivity index (χ1) is 34.0. The van der Waals surface area contributed by atoms with E-state index in [1.807, 2.05) is 0 Å². The van der Waals surface area contributed by atoms with Crippen LogP contribution >= 0.6 is 0 Å². The van der Waals surface area contributed by atoms with Crippen molar-refractivity contribution in [2.75, 3.05) is 13.2 Å². The van der Waals surface area contributed by atoms with E-state index in [1.165, 1.54) is 51.4 Å². The molecule has 0 saturated heterocycles. The molecule has 0 spiro atoms. The maximum atomic E-state index is 12.8. The van der Waals surface area contributed by atoms with Crippen LogP contribution in [0.2, 0.25) is 0 Å². The summed E-state index contributed by atoms with van der Waals surface area (Å²) < 4.78 is 16.8. The van der Waals surface area contributed by atoms with E-state index in [0.717, 1.165) is 148 Å². The summed E-state index contributed by atoms with van der Waals surface area (Å²) in [5.74, 6) is -0.979. The van der Waals surface area contributed by atoms with Crippen LogP contribution < -0.4 is 0 Å². The molecular weight excluding hydrogens is 853 g/mol. The first-order valence-corrected chi connectivity index (χ1v) is 28.0. The van der Waals surface area contributed by atoms with Gasteiger partial charge in [0, 0.05) is 19.3 Å². The Balaban J connectivity index is 4.54. The Bertz CT molecular complexity index is 1470. The van der Waals surface area contributed by atoms with Crippen LogP contribution in [-0.2, 0) is 28.6 Å². The third-order valence-electron chi connectivity index (χ3n) is 11.4. The lowest BCUT2D eigenvalue weighted by molar-refractivity contribution is -0.167. The van der Waals surface area contributed by atoms with Crippen molar-refractivity contribution in [1.82, 2.24) is 0 Å². The van der Waals surface area contributed by atoms with Gasteiger partial charge in [0.05, 0.1) is 0 Å². The van der Waals surface area contributed by atoms with E-state index in [0.29, 0.717) is 12.8 Å². The quantitative estimate of drug-likeness (QED) is 0.0262. The van der Waals surface area contributed by atoms with E-state index in [-0.39, 0.29) is 37.5 Å². The molecule has 0 bridgehead atoms. The van der Waals surface area contributed by atoms with Gasteiger partial charge in [-0.25, -0.2) is 0 Å². The van der Waals surface area contributed by atoms with Gasteiger partial charge >= 0.3 is 17.9 Å². The van der Waals surface area contributed by atoms with Gasteiger partial charge in [-0.05, 0) is 135 Å². The van der Waals surface area contributed by atoms with E-state index in [9.17, 15) is 14.4 Å². The van der Waals surface area contributed by atoms with E-state index >= 15 is 0 Å². The van der Waals surface area contributed by atoms with Crippen molar-refractivity contribution >= 4 is 17.9 Å². The number of carbonyl (C=O) groups excluding carboxylic acids is 3. The fourth-order valence-corrected chi connectivity index (χ4v) is 7.21. The molecule has 0 fully saturated rings. The minimum Gasteiger partial charge on any atom is -0.462 e. The summed E-state index contributed by atoms with van der Waals surface area (Å²) >= 11 is 0. The van der Waals surface area contributed by atoms with Crippen LogP contribution in [0.3, 0.4) is 0 Å². The molecule has 0 radical (unpaired) electrons. The third-order valence-corrected chi connectivity index (χ3v) is 11.4. The maximum absolute atomic E-state index is 12.8. The van der Waals surface area contributed by atoms with Gasteiger partial charge in [-0.3, -0.25) is 14.4 Å². The molecule has 0 rings (SSSR count). The lowest BCUT2D eigenvalue weighted by Gasteiger charge is -2.18. The number of esters is 3. The maximum Gasteiger partial charge on any atom is 0.306 e. The number of allylic oxidation sites excluding steroid dienone is 20. The Morgan fingerprint density at radius 1 is 0.304 bits per heavy atom. The van der Waals surface area contributed by atoms with Crippen molar-refractivity contribution < 1.29 is 28.6 Å². The Labute approximate surface area is 424 Å². The number of carbonyl (C=O) groups is 3. The first kappa shape index (κ1) is 64.8. The lowest BCUT2D eigenvalue weighted by atomic mass is 10.1. The molecule has 6 heteroatoms. The van der Waals surface area contributed by atoms with Crippen molar-refractivity contribution in [3.05, 3.63) is 122 Å². The summed E-state index contributed by atoms with van der Waals surface area (Å²) in [6.45, 7) is 6.40. The van der Waals surface area contributed by atoms with Gasteiger partial charge < -0.3 is 14.2 Å². The zero-order chi connectivity index (χ0) is 50.0. The zero-order valence-corrected chi connectivity index (χ0v) is 44.5. The Hall–Kier alpha value is -4.19. The Morgan fingerprint density at radius 2 is 0.565 bits per heavy atom. The van der Waals surface area contributed by atoms with Crippen LogP contribution in [0.4, 0.5) is 0 Å². The number of rotatable bonds is 49. The van der Waals surface area contributed by atoms with Gasteiger partial charge in [0.2, 0.25) is 0 Å². The highest BCUT2D eigenvalue weighted by molar-refractivity contribution is 5.71. The molecule has 0 aromatic heterocycles. The summed E-state index contributed by atoms with van der Waals surface area (Å²) in [6.07, 6.45) is 77.5. The molecule has 69 heavy (non-hydrogen) atoms. The van der Waals surface area contributed by atoms with Crippen LogP contribution in [0.25, 0.3) is 0 Å². The average molecular weight is 956 g/mol. The molecule has 1 atom stereocenters. The van der Waals surface area contributed by atoms with Gasteiger partial charge in [-0.15, -0.1) is 0 Å². The molecule has 0 amide bonds. The van der Waals surface area contributed by atoms with Crippen molar-refractivity contribution in [1.29, 1.82) is 0 Å². The molecule has 6 nitrogen and oxygen atoms in total. The number of hydrogen-bond acceptors (Lipinski definition) is 6. The average Bonchev–Trinajstić information content (AvgIpc) is 3.35. The molecule has 0 aromatic rings. The van der Waals surface area contributed by atoms with Crippen LogP contribution in [0.1, 0.15) is 239 Å². The number of hydrogen-bond donors (Lipinski definition) is 0. The minimum absolute atomic E-state index is 0.110. The largest absolute Gasteiger partial charge is 0.462 e. The summed E-state index contributed by atoms with van der Waals surface area (Å²) in [5, 5.41) is 0. The fourth-order valence-electron chi connectivity index (χ4n) is 7.21. The molecule has 390 valence electrons. The van der Waals surface area contributed by atoms with E-state index in [2.05, 4.69) is 142 Å². The topological polar surface area (TPSA) is 78.9 Å². The van der Waals surface area contributed by atoms with Gasteiger partial charge in [-0.1, -0.05) is 206 Å². The molecule has 0 aromatic carbocycles. The highest BCUT2D eigenvalue weighted by Gasteiger charge is 2.19. The molecule has 0 aliphatic rings. The molecule has 0 unspecified atom stereocenters. The molecule has 0 aliphatic carbocycles. The second-order valence-electron chi connectivity index (χ2n) is 18.1. The monoisotopic (exact) mass is 955 g/mol. The second-order valence-corrected chi connectivity index (χ2v) is 18.1. The third kappa shape index (κ3) is 54.6. The zero-order valence-electron chi connectivity index (χ0n) is 44.5. The van der Waals surface area contributed by atoms with Crippen LogP contribution in [0.5, 0.6) is 0 Å². The summed E-state index contributed by atoms with van der Waals surface area (Å²) in [7, 11) is 0. The van der Waals surface area contributed by atoms with Crippen LogP contribution in [0, 0.1) is 0 Å². The molecule has 0 heterocycles. The van der Waals surface area contributed by atoms with E-state index in [4.69, 9.17) is 14.2 Å². The molecule has 0 saturated carbocycles. The number of unbranched alkanes of at least 4 members (excludes halogenated alkanes) is 18. The first-order valence-electron chi connectivity index (χ1n) is 28.0. The van der Waals surface area contributed by atoms with Gasteiger partial charge in [0.1, 0.15) is 13.2 Å². The highest BCUT2D eigenvalue weighted by atomic mass is 16.6. The second kappa shape index (κ2) is 56.4. The molecular formula is C63H102O6. The SMILES string of the molecule is CC/C=C\C/C=C\C/C=C\C/C=C\CCCCCCC(=O)OC[C@H](COC(=O)CCCCCC/C=C\C/C=C\C/C=C\CCCCC)OC(=O)CCCCCC/C=C\C/C=C\C/C=C\CCCCC. The molecule has 0 aliphatic heterocycles. The van der Waals surface area contributed by atoms with Crippen molar-refractivity contribution in [2.45, 2.75) is 245 Å². The smallest absolute Gasteiger partial charge is 0.306 e. The lowest BCUT2D eigenvalue weighted by Crippen LogP contribution is -2.30. The minimum atomic E-state index is -0.814. The Kier molecular flexibility index (Phi) is 53.0. The standard InChI is InChI=1S/C63H102O6/c1-4-7-10-13-16-19-22-25-28-31-34-37-40-43-46-49-52-55-61(64)67-58-60(69-63(66)57-54-51-48-45-42-39-36-33-30-27-24-21-18-15-12-9-6-3)59-68-62(65)56-53-50-47-44-41-38-35-32-29-26-23-20-17-14-11-8-5-2/h7,10,16-21,25-30,34-39,60H,4-6,8-9,11-15,22-24,31-33,40-59H2,1-3H3/b10-7-,19-16-,20-17-,21-18-,28-25-,29-26-,30-27-,37-34-,38-35-,39-36-/t60-/m1/s1. The van der Waals surface area contributed by atoms with Crippen LogP contribution in [-0.4, -0.2) is 37.2 Å². The Morgan fingerprint density at radius 3 is 0.870 bits per heavy atom. The van der Waals surface area contributed by atoms with Crippen molar-refractivity contribution in [2.24, 2.45) is 0 Å². The summed E-state index contributed by atoms with van der Waals surface area (Å²) in [4.78, 5) is 38.1. The van der Waals surface area contributed by atoms with E-state index < -0.39 is 6.10 Å². The van der Waals surface area contributed by atoms with Crippen LogP contribution in [0.15, 0.2) is 122 Å². The highest BCUT2D eigenvalue weighted by Crippen LogP contribution is 2.12. The summed E-state index contributed by atoms with van der Waals surface area (Å²) in [5.41, 5.74) is 0. The van der Waals surface area contributed by atoms with Gasteiger partial charge in [0.25, 0.3) is 0 Å².